The first-order valence-corrected chi connectivity index (χ1v) is 10.6. The third-order valence-corrected chi connectivity index (χ3v) is 6.00. The second kappa shape index (κ2) is 9.85. The molecule has 1 aliphatic heterocycles. The number of rotatable bonds is 8. The maximum absolute atomic E-state index is 12.3. The van der Waals surface area contributed by atoms with Crippen molar-refractivity contribution in [1.82, 2.24) is 14.5 Å². The first-order valence-electron chi connectivity index (χ1n) is 9.12. The number of nitrogens with one attached hydrogen (secondary N) is 1. The summed E-state index contributed by atoms with van der Waals surface area (Å²) in [6.45, 7) is 5.04. The van der Waals surface area contributed by atoms with Crippen LogP contribution in [-0.4, -0.2) is 62.8 Å². The number of piperidine rings is 1. The predicted molar refractivity (Wildman–Crippen MR) is 105 cm³/mol. The standard InChI is InChI=1S/C19H29N3O3S/c1-3-12-22-13-9-18(10-14-22)20-19(23)16-21(2)26(24,25)15-11-17-7-5-4-6-8-17/h4-8,11,15,18H,3,9-10,12-14,16H2,1-2H3,(H,20,23)/b15-11+. The highest BCUT2D eigenvalue weighted by atomic mass is 32.2. The lowest BCUT2D eigenvalue weighted by atomic mass is 10.0. The van der Waals surface area contributed by atoms with Gasteiger partial charge in [-0.05, 0) is 37.4 Å². The van der Waals surface area contributed by atoms with Crippen molar-refractivity contribution in [2.24, 2.45) is 0 Å². The molecule has 1 heterocycles. The fraction of sp³-hybridized carbons (Fsp3) is 0.526. The summed E-state index contributed by atoms with van der Waals surface area (Å²) in [7, 11) is -2.20. The number of nitrogens with zero attached hydrogens (tertiary/aromatic N) is 2. The van der Waals surface area contributed by atoms with Crippen molar-refractivity contribution in [3.8, 4) is 0 Å². The van der Waals surface area contributed by atoms with Gasteiger partial charge in [-0.3, -0.25) is 4.79 Å². The lowest BCUT2D eigenvalue weighted by Gasteiger charge is -2.32. The van der Waals surface area contributed by atoms with Crippen molar-refractivity contribution in [2.75, 3.05) is 33.2 Å². The highest BCUT2D eigenvalue weighted by molar-refractivity contribution is 7.92. The minimum Gasteiger partial charge on any atom is -0.352 e. The largest absolute Gasteiger partial charge is 0.352 e. The van der Waals surface area contributed by atoms with Crippen LogP contribution in [0.15, 0.2) is 35.7 Å². The van der Waals surface area contributed by atoms with Gasteiger partial charge in [0.1, 0.15) is 0 Å². The molecule has 2 rings (SSSR count). The Morgan fingerprint density at radius 2 is 1.92 bits per heavy atom. The zero-order valence-corrected chi connectivity index (χ0v) is 16.4. The van der Waals surface area contributed by atoms with E-state index in [0.29, 0.717) is 0 Å². The lowest BCUT2D eigenvalue weighted by Crippen LogP contribution is -2.47. The van der Waals surface area contributed by atoms with E-state index >= 15 is 0 Å². The Balaban J connectivity index is 1.81. The van der Waals surface area contributed by atoms with Gasteiger partial charge < -0.3 is 10.2 Å². The summed E-state index contributed by atoms with van der Waals surface area (Å²) in [5.41, 5.74) is 0.799. The van der Waals surface area contributed by atoms with Crippen LogP contribution < -0.4 is 5.32 Å². The Bertz CT molecular complexity index is 696. The molecule has 26 heavy (non-hydrogen) atoms. The average molecular weight is 380 g/mol. The minimum absolute atomic E-state index is 0.131. The van der Waals surface area contributed by atoms with Crippen LogP contribution in [0, 0.1) is 0 Å². The number of benzene rings is 1. The van der Waals surface area contributed by atoms with E-state index in [4.69, 9.17) is 0 Å². The Morgan fingerprint density at radius 1 is 1.27 bits per heavy atom. The summed E-state index contributed by atoms with van der Waals surface area (Å²) >= 11 is 0. The van der Waals surface area contributed by atoms with E-state index in [1.807, 2.05) is 30.3 Å². The van der Waals surface area contributed by atoms with Gasteiger partial charge in [0.05, 0.1) is 6.54 Å². The maximum atomic E-state index is 12.3. The van der Waals surface area contributed by atoms with Crippen molar-refractivity contribution >= 4 is 22.0 Å². The van der Waals surface area contributed by atoms with Crippen LogP contribution in [0.3, 0.4) is 0 Å². The molecule has 6 nitrogen and oxygen atoms in total. The lowest BCUT2D eigenvalue weighted by molar-refractivity contribution is -0.122. The zero-order chi connectivity index (χ0) is 19.0. The van der Waals surface area contributed by atoms with E-state index < -0.39 is 10.0 Å². The third kappa shape index (κ3) is 6.55. The van der Waals surface area contributed by atoms with Gasteiger partial charge in [-0.25, -0.2) is 8.42 Å². The average Bonchev–Trinajstić information content (AvgIpc) is 2.63. The van der Waals surface area contributed by atoms with Crippen molar-refractivity contribution in [2.45, 2.75) is 32.2 Å². The molecule has 0 unspecified atom stereocenters. The molecule has 1 aromatic carbocycles. The highest BCUT2D eigenvalue weighted by Gasteiger charge is 2.22. The molecular formula is C19H29N3O3S. The van der Waals surface area contributed by atoms with Crippen molar-refractivity contribution in [3.63, 3.8) is 0 Å². The van der Waals surface area contributed by atoms with E-state index in [0.717, 1.165) is 54.2 Å². The number of carbonyl (C=O) groups is 1. The zero-order valence-electron chi connectivity index (χ0n) is 15.6. The summed E-state index contributed by atoms with van der Waals surface area (Å²) in [4.78, 5) is 14.6. The highest BCUT2D eigenvalue weighted by Crippen LogP contribution is 2.11. The second-order valence-electron chi connectivity index (χ2n) is 6.70. The van der Waals surface area contributed by atoms with Gasteiger partial charge in [-0.15, -0.1) is 0 Å². The number of likely N-dealkylation sites (N-methyl/N-ethyl adjacent to an activating group) is 1. The molecule has 144 valence electrons. The number of likely N-dealkylation sites (tertiary alicyclic amines) is 1. The summed E-state index contributed by atoms with van der Waals surface area (Å²) in [5, 5.41) is 4.10. The van der Waals surface area contributed by atoms with Crippen molar-refractivity contribution in [3.05, 3.63) is 41.3 Å². The van der Waals surface area contributed by atoms with Crippen LogP contribution in [0.2, 0.25) is 0 Å². The van der Waals surface area contributed by atoms with E-state index in [2.05, 4.69) is 17.1 Å². The van der Waals surface area contributed by atoms with Crippen LogP contribution in [0.5, 0.6) is 0 Å². The van der Waals surface area contributed by atoms with Gasteiger partial charge >= 0.3 is 0 Å². The molecule has 0 saturated carbocycles. The van der Waals surface area contributed by atoms with Gasteiger partial charge in [0, 0.05) is 31.6 Å². The van der Waals surface area contributed by atoms with E-state index in [-0.39, 0.29) is 18.5 Å². The van der Waals surface area contributed by atoms with Gasteiger partial charge in [0.15, 0.2) is 0 Å². The second-order valence-corrected chi connectivity index (χ2v) is 8.62. The molecule has 1 aromatic rings. The third-order valence-electron chi connectivity index (χ3n) is 4.53. The molecule has 0 spiro atoms. The van der Waals surface area contributed by atoms with E-state index in [1.54, 1.807) is 0 Å². The van der Waals surface area contributed by atoms with Crippen LogP contribution in [0.25, 0.3) is 6.08 Å². The molecule has 0 radical (unpaired) electrons. The minimum atomic E-state index is -3.63. The number of hydrogen-bond donors (Lipinski definition) is 1. The molecule has 1 aliphatic rings. The summed E-state index contributed by atoms with van der Waals surface area (Å²) in [6.07, 6.45) is 4.50. The fourth-order valence-corrected chi connectivity index (χ4v) is 3.85. The van der Waals surface area contributed by atoms with E-state index in [9.17, 15) is 13.2 Å². The summed E-state index contributed by atoms with van der Waals surface area (Å²) in [6, 6.07) is 9.33. The van der Waals surface area contributed by atoms with E-state index in [1.165, 1.54) is 13.1 Å². The summed E-state index contributed by atoms with van der Waals surface area (Å²) < 4.78 is 25.7. The van der Waals surface area contributed by atoms with Gasteiger partial charge in [-0.1, -0.05) is 37.3 Å². The quantitative estimate of drug-likeness (QED) is 0.749. The Morgan fingerprint density at radius 3 is 2.54 bits per heavy atom. The van der Waals surface area contributed by atoms with Gasteiger partial charge in [-0.2, -0.15) is 4.31 Å². The molecule has 0 aliphatic carbocycles. The molecular weight excluding hydrogens is 350 g/mol. The van der Waals surface area contributed by atoms with Crippen LogP contribution in [0.4, 0.5) is 0 Å². The fourth-order valence-electron chi connectivity index (χ4n) is 3.02. The molecule has 1 fully saturated rings. The number of sulfonamides is 1. The Kier molecular flexibility index (Phi) is 7.81. The number of hydrogen-bond acceptors (Lipinski definition) is 4. The molecule has 1 saturated heterocycles. The predicted octanol–water partition coefficient (Wildman–Crippen LogP) is 1.91. The maximum Gasteiger partial charge on any atom is 0.236 e. The van der Waals surface area contributed by atoms with Crippen LogP contribution in [-0.2, 0) is 14.8 Å². The SMILES string of the molecule is CCCN1CCC(NC(=O)CN(C)S(=O)(=O)/C=C/c2ccccc2)CC1. The Labute approximate surface area is 156 Å². The van der Waals surface area contributed by atoms with Crippen LogP contribution in [0.1, 0.15) is 31.7 Å². The molecule has 7 heteroatoms. The molecule has 1 amide bonds. The normalized spacial score (nSPS) is 17.0. The number of carbonyl (C=O) groups excluding carboxylic acids is 1. The smallest absolute Gasteiger partial charge is 0.236 e. The number of amides is 1. The van der Waals surface area contributed by atoms with Crippen molar-refractivity contribution in [1.29, 1.82) is 0 Å². The monoisotopic (exact) mass is 379 g/mol. The van der Waals surface area contributed by atoms with Crippen LogP contribution >= 0.6 is 0 Å². The molecule has 0 atom stereocenters. The van der Waals surface area contributed by atoms with Crippen molar-refractivity contribution < 1.29 is 13.2 Å². The first kappa shape index (κ1) is 20.6. The molecule has 0 bridgehead atoms. The van der Waals surface area contributed by atoms with Gasteiger partial charge in [0.2, 0.25) is 15.9 Å². The summed E-state index contributed by atoms with van der Waals surface area (Å²) in [5.74, 6) is -0.252. The Hall–Kier alpha value is -1.70. The van der Waals surface area contributed by atoms with Gasteiger partial charge in [0.25, 0.3) is 0 Å². The first-order chi connectivity index (χ1) is 12.4. The molecule has 1 N–H and O–H groups in total. The topological polar surface area (TPSA) is 69.7 Å². The molecule has 0 aromatic heterocycles.